The van der Waals surface area contributed by atoms with Crippen LogP contribution in [0.15, 0.2) is 105 Å². The van der Waals surface area contributed by atoms with Gasteiger partial charge in [0, 0.05) is 79.8 Å². The van der Waals surface area contributed by atoms with Crippen molar-refractivity contribution in [2.45, 2.75) is 78.3 Å². The Kier molecular flexibility index (Phi) is 24.7. The number of carbonyl (C=O) groups excluding carboxylic acids is 2. The van der Waals surface area contributed by atoms with Gasteiger partial charge in [-0.2, -0.15) is 9.97 Å². The third-order valence-electron chi connectivity index (χ3n) is 15.3. The highest BCUT2D eigenvalue weighted by Gasteiger charge is 2.27. The third-order valence-corrected chi connectivity index (χ3v) is 15.3. The molecular formula is C65H83FN12O5. The average Bonchev–Trinajstić information content (AvgIpc) is 3.47. The number of anilines is 1. The van der Waals surface area contributed by atoms with Gasteiger partial charge in [-0.05, 0) is 138 Å². The van der Waals surface area contributed by atoms with E-state index in [-0.39, 0.29) is 40.5 Å². The van der Waals surface area contributed by atoms with Gasteiger partial charge in [0.1, 0.15) is 28.5 Å². The SMILES string of the molecule is C#Cc1cccc2cccc(-c3ncc4c(N(CC)CC=C)nc(OC)nc4c3F)c12.C=C.CC(C)c1cc(-c2nnc(C=O)n2-c2ccc(CN3CCC(CCN(CCNC=O)C[C@H]4CCCN4C)CC3)cc2)c(O)cc1O.CCNC. The Hall–Kier alpha value is -8.08. The summed E-state index contributed by atoms with van der Waals surface area (Å²) >= 11 is 0. The van der Waals surface area contributed by atoms with Gasteiger partial charge in [-0.3, -0.25) is 24.0 Å². The number of aldehydes is 1. The van der Waals surface area contributed by atoms with Gasteiger partial charge < -0.3 is 40.3 Å². The summed E-state index contributed by atoms with van der Waals surface area (Å²) < 4.78 is 22.8. The lowest BCUT2D eigenvalue weighted by Gasteiger charge is -2.34. The van der Waals surface area contributed by atoms with E-state index in [1.807, 2.05) is 81.2 Å². The van der Waals surface area contributed by atoms with E-state index in [2.05, 4.69) is 102 Å². The number of benzene rings is 4. The van der Waals surface area contributed by atoms with Crippen molar-refractivity contribution in [3.63, 3.8) is 0 Å². The number of phenols is 2. The van der Waals surface area contributed by atoms with Crippen molar-refractivity contribution >= 4 is 40.2 Å². The van der Waals surface area contributed by atoms with E-state index in [1.165, 1.54) is 57.4 Å². The lowest BCUT2D eigenvalue weighted by molar-refractivity contribution is -0.109. The number of carbonyl (C=O) groups is 2. The molecule has 4 aromatic carbocycles. The first-order valence-electron chi connectivity index (χ1n) is 28.6. The van der Waals surface area contributed by atoms with Gasteiger partial charge in [-0.25, -0.2) is 4.39 Å². The predicted molar refractivity (Wildman–Crippen MR) is 332 cm³/mol. The molecule has 83 heavy (non-hydrogen) atoms. The van der Waals surface area contributed by atoms with Crippen molar-refractivity contribution in [2.24, 2.45) is 5.92 Å². The van der Waals surface area contributed by atoms with Crippen molar-refractivity contribution in [2.75, 3.05) is 91.6 Å². The van der Waals surface area contributed by atoms with E-state index < -0.39 is 5.82 Å². The van der Waals surface area contributed by atoms with Gasteiger partial charge in [0.15, 0.2) is 17.9 Å². The van der Waals surface area contributed by atoms with E-state index in [0.29, 0.717) is 77.2 Å². The van der Waals surface area contributed by atoms with Crippen LogP contribution in [0.5, 0.6) is 17.5 Å². The fraction of sp³-hybridized carbons (Fsp3) is 0.400. The van der Waals surface area contributed by atoms with Crippen LogP contribution in [-0.4, -0.2) is 160 Å². The first-order valence-corrected chi connectivity index (χ1v) is 28.6. The Morgan fingerprint density at radius 1 is 0.952 bits per heavy atom. The minimum absolute atomic E-state index is 0.0178. The number of hydrogen-bond acceptors (Lipinski definition) is 15. The number of rotatable bonds is 22. The Morgan fingerprint density at radius 2 is 1.67 bits per heavy atom. The number of pyridine rings is 1. The van der Waals surface area contributed by atoms with E-state index in [9.17, 15) is 19.8 Å². The summed E-state index contributed by atoms with van der Waals surface area (Å²) in [6, 6.07) is 23.1. The lowest BCUT2D eigenvalue weighted by Crippen LogP contribution is -2.42. The number of aromatic hydroxyl groups is 2. The monoisotopic (exact) mass is 1130 g/mol. The first-order chi connectivity index (χ1) is 40.3. The van der Waals surface area contributed by atoms with Crippen molar-refractivity contribution in [3.05, 3.63) is 133 Å². The zero-order valence-electron chi connectivity index (χ0n) is 49.5. The Morgan fingerprint density at radius 3 is 2.29 bits per heavy atom. The largest absolute Gasteiger partial charge is 0.508 e. The number of ether oxygens (including phenoxy) is 1. The van der Waals surface area contributed by atoms with Crippen LogP contribution >= 0.6 is 0 Å². The molecule has 2 saturated heterocycles. The zero-order chi connectivity index (χ0) is 60.0. The van der Waals surface area contributed by atoms with Gasteiger partial charge in [0.05, 0.1) is 18.1 Å². The smallest absolute Gasteiger partial charge is 0.318 e. The third kappa shape index (κ3) is 16.1. The molecule has 1 atom stereocenters. The number of hydrogen-bond donors (Lipinski definition) is 4. The van der Waals surface area contributed by atoms with Crippen LogP contribution < -0.4 is 20.3 Å². The molecule has 1 amide bonds. The minimum Gasteiger partial charge on any atom is -0.508 e. The summed E-state index contributed by atoms with van der Waals surface area (Å²) in [7, 11) is 5.61. The normalized spacial score (nSPS) is 14.4. The standard InChI is InChI=1S/C35H49N7O4.C25H21FN4O.C3H9N.C2H4/c1-25(2)30-19-31(33(46)20-32(30)45)35-38-37-34(23-43)42(35)28-8-6-27(7-9-28)21-40-15-10-26(11-16-40)12-17-41(18-13-36-24-44)22-29-5-4-14-39(29)3;1-5-14-30(7-3)24-19-15-27-22(21(26)23(19)28-25(29-24)31-4)18-13-9-12-17-11-8-10-16(6-2)20(17)18;1-3-4-2;1-2/h6-9,19-20,23-26,29,45-46H,4-5,10-18,21-22H2,1-3H3,(H,36,44);2,5,8-13,15H,1,7,14H2,3-4H3;4H,3H2,1-2H3;1-2H2/t29-;;;/m1.../s1. The lowest BCUT2D eigenvalue weighted by atomic mass is 9.93. The number of fused-ring (bicyclic) bond motifs is 2. The highest BCUT2D eigenvalue weighted by Crippen LogP contribution is 2.39. The fourth-order valence-electron chi connectivity index (χ4n) is 10.6. The molecule has 2 aliphatic rings. The first kappa shape index (κ1) is 64.1. The minimum atomic E-state index is -0.548. The van der Waals surface area contributed by atoms with Gasteiger partial charge in [0.25, 0.3) is 0 Å². The molecule has 5 heterocycles. The van der Waals surface area contributed by atoms with E-state index in [0.717, 1.165) is 68.7 Å². The molecule has 9 rings (SSSR count). The maximum absolute atomic E-state index is 15.9. The Bertz CT molecular complexity index is 3280. The van der Waals surface area contributed by atoms with Gasteiger partial charge in [-0.15, -0.1) is 36.4 Å². The molecule has 7 aromatic rings. The van der Waals surface area contributed by atoms with E-state index >= 15 is 4.39 Å². The molecule has 4 N–H and O–H groups in total. The summed E-state index contributed by atoms with van der Waals surface area (Å²) in [6.07, 6.45) is 16.6. The number of methoxy groups -OCH3 is 1. The number of nitrogens with zero attached hydrogens (tertiary/aromatic N) is 10. The molecule has 0 bridgehead atoms. The molecule has 17 nitrogen and oxygen atoms in total. The second-order valence-electron chi connectivity index (χ2n) is 20.8. The van der Waals surface area contributed by atoms with Crippen LogP contribution in [0.25, 0.3) is 50.0 Å². The van der Waals surface area contributed by atoms with Crippen LogP contribution in [0.1, 0.15) is 93.0 Å². The van der Waals surface area contributed by atoms with E-state index in [1.54, 1.807) is 22.9 Å². The van der Waals surface area contributed by atoms with Crippen LogP contribution in [-0.2, 0) is 11.3 Å². The van der Waals surface area contributed by atoms with E-state index in [4.69, 9.17) is 11.2 Å². The highest BCUT2D eigenvalue weighted by atomic mass is 19.1. The topological polar surface area (TPSA) is 190 Å². The predicted octanol–water partition coefficient (Wildman–Crippen LogP) is 10.0. The van der Waals surface area contributed by atoms with Crippen LogP contribution in [0, 0.1) is 24.1 Å². The Labute approximate surface area is 489 Å². The molecule has 440 valence electrons. The number of aromatic nitrogens is 6. The second kappa shape index (κ2) is 31.9. The number of halogens is 1. The summed E-state index contributed by atoms with van der Waals surface area (Å²) in [5, 5.41) is 37.2. The summed E-state index contributed by atoms with van der Waals surface area (Å²) in [6.45, 7) is 27.9. The molecule has 18 heteroatoms. The fourth-order valence-corrected chi connectivity index (χ4v) is 10.6. The number of amides is 1. The molecule has 0 spiro atoms. The number of terminal acetylenes is 1. The zero-order valence-corrected chi connectivity index (χ0v) is 49.5. The number of piperidine rings is 1. The van der Waals surface area contributed by atoms with Crippen LogP contribution in [0.2, 0.25) is 0 Å². The van der Waals surface area contributed by atoms with Crippen LogP contribution in [0.3, 0.4) is 0 Å². The molecule has 0 radical (unpaired) electrons. The van der Waals surface area contributed by atoms with Gasteiger partial charge in [-0.1, -0.05) is 75.2 Å². The van der Waals surface area contributed by atoms with Crippen molar-refractivity contribution in [3.8, 4) is 58.2 Å². The van der Waals surface area contributed by atoms with Gasteiger partial charge in [0.2, 0.25) is 12.2 Å². The molecular weight excluding hydrogens is 1050 g/mol. The van der Waals surface area contributed by atoms with Crippen molar-refractivity contribution in [1.82, 2.24) is 55.0 Å². The Balaban J connectivity index is 0.000000258. The summed E-state index contributed by atoms with van der Waals surface area (Å²) in [5.41, 5.74) is 4.61. The number of phenolic OH excluding ortho intramolecular Hbond substituents is 2. The number of likely N-dealkylation sites (N-methyl/N-ethyl adjacent to an activating group) is 2. The maximum Gasteiger partial charge on any atom is 0.318 e. The average molecular weight is 1130 g/mol. The quantitative estimate of drug-likeness (QED) is 0.0217. The number of nitrogens with one attached hydrogen (secondary N) is 2. The van der Waals surface area contributed by atoms with Gasteiger partial charge >= 0.3 is 6.01 Å². The molecule has 2 aliphatic heterocycles. The summed E-state index contributed by atoms with van der Waals surface area (Å²) in [4.78, 5) is 45.4. The molecule has 0 aliphatic carbocycles. The molecule has 2 fully saturated rings. The van der Waals surface area contributed by atoms with Crippen LogP contribution in [0.4, 0.5) is 10.2 Å². The maximum atomic E-state index is 15.9. The van der Waals surface area contributed by atoms with Crippen molar-refractivity contribution < 1.29 is 28.9 Å². The molecule has 3 aromatic heterocycles. The molecule has 0 saturated carbocycles. The highest BCUT2D eigenvalue weighted by molar-refractivity contribution is 6.02. The molecule has 0 unspecified atom stereocenters. The van der Waals surface area contributed by atoms with Crippen molar-refractivity contribution in [1.29, 1.82) is 0 Å². The second-order valence-corrected chi connectivity index (χ2v) is 20.8. The summed E-state index contributed by atoms with van der Waals surface area (Å²) in [5.74, 6) is 3.79. The number of likely N-dealkylation sites (tertiary alicyclic amines) is 2.